The fourth-order valence-electron chi connectivity index (χ4n) is 3.66. The lowest BCUT2D eigenvalue weighted by molar-refractivity contribution is -0.160. The molecule has 2 aliphatic rings. The summed E-state index contributed by atoms with van der Waals surface area (Å²) in [5.74, 6) is 0.611. The number of carbonyl (C=O) groups excluding carboxylic acids is 1. The standard InChI is InChI=1S/C17H32N2O2/c1-14(2)18(3)13-17(21)10-7-11-19(16(17)20)12-15-8-5-4-6-9-15/h14-15,21H,4-13H2,1-3H3/t17-/m0/s1. The van der Waals surface area contributed by atoms with E-state index in [1.54, 1.807) is 0 Å². The average Bonchev–Trinajstić information content (AvgIpc) is 2.45. The molecule has 21 heavy (non-hydrogen) atoms. The largest absolute Gasteiger partial charge is 0.379 e. The molecule has 1 saturated heterocycles. The predicted molar refractivity (Wildman–Crippen MR) is 85.1 cm³/mol. The van der Waals surface area contributed by atoms with Crippen LogP contribution in [0, 0.1) is 5.92 Å². The van der Waals surface area contributed by atoms with Crippen molar-refractivity contribution in [3.05, 3.63) is 0 Å². The lowest BCUT2D eigenvalue weighted by atomic mass is 9.86. The summed E-state index contributed by atoms with van der Waals surface area (Å²) in [6.45, 7) is 6.31. The van der Waals surface area contributed by atoms with Gasteiger partial charge in [-0.15, -0.1) is 0 Å². The van der Waals surface area contributed by atoms with Gasteiger partial charge in [-0.1, -0.05) is 19.3 Å². The molecule has 0 radical (unpaired) electrons. The third-order valence-corrected chi connectivity index (χ3v) is 5.30. The first kappa shape index (κ1) is 16.8. The zero-order valence-corrected chi connectivity index (χ0v) is 14.0. The Morgan fingerprint density at radius 2 is 1.95 bits per heavy atom. The normalized spacial score (nSPS) is 28.7. The van der Waals surface area contributed by atoms with Gasteiger partial charge in [-0.25, -0.2) is 0 Å². The minimum atomic E-state index is -1.17. The summed E-state index contributed by atoms with van der Waals surface area (Å²) in [6, 6.07) is 0.343. The van der Waals surface area contributed by atoms with E-state index in [0.717, 1.165) is 19.5 Å². The maximum absolute atomic E-state index is 12.7. The molecule has 2 rings (SSSR count). The average molecular weight is 296 g/mol. The molecule has 4 heteroatoms. The number of amides is 1. The van der Waals surface area contributed by atoms with Crippen molar-refractivity contribution in [3.8, 4) is 0 Å². The molecule has 0 aromatic heterocycles. The quantitative estimate of drug-likeness (QED) is 0.846. The zero-order chi connectivity index (χ0) is 15.5. The molecule has 1 amide bonds. The number of rotatable bonds is 5. The number of aliphatic hydroxyl groups is 1. The topological polar surface area (TPSA) is 43.8 Å². The van der Waals surface area contributed by atoms with Crippen molar-refractivity contribution < 1.29 is 9.90 Å². The van der Waals surface area contributed by atoms with E-state index in [1.165, 1.54) is 32.1 Å². The van der Waals surface area contributed by atoms with Gasteiger partial charge < -0.3 is 14.9 Å². The van der Waals surface area contributed by atoms with Gasteiger partial charge in [0.05, 0.1) is 0 Å². The van der Waals surface area contributed by atoms with Crippen LogP contribution >= 0.6 is 0 Å². The van der Waals surface area contributed by atoms with Crippen LogP contribution in [0.1, 0.15) is 58.8 Å². The van der Waals surface area contributed by atoms with E-state index >= 15 is 0 Å². The maximum Gasteiger partial charge on any atom is 0.255 e. The molecule has 1 heterocycles. The van der Waals surface area contributed by atoms with Crippen molar-refractivity contribution in [2.24, 2.45) is 5.92 Å². The molecular weight excluding hydrogens is 264 g/mol. The van der Waals surface area contributed by atoms with Crippen LogP contribution in [0.3, 0.4) is 0 Å². The van der Waals surface area contributed by atoms with Crippen LogP contribution < -0.4 is 0 Å². The Kier molecular flexibility index (Phi) is 5.67. The molecule has 1 aliphatic carbocycles. The second-order valence-corrected chi connectivity index (χ2v) is 7.40. The van der Waals surface area contributed by atoms with Gasteiger partial charge in [-0.2, -0.15) is 0 Å². The van der Waals surface area contributed by atoms with E-state index in [2.05, 4.69) is 18.7 Å². The van der Waals surface area contributed by atoms with E-state index in [0.29, 0.717) is 24.9 Å². The van der Waals surface area contributed by atoms with Crippen LogP contribution in [0.15, 0.2) is 0 Å². The smallest absolute Gasteiger partial charge is 0.255 e. The van der Waals surface area contributed by atoms with Gasteiger partial charge >= 0.3 is 0 Å². The minimum absolute atomic E-state index is 0.0353. The second kappa shape index (κ2) is 7.10. The predicted octanol–water partition coefficient (Wildman–Crippen LogP) is 2.26. The monoisotopic (exact) mass is 296 g/mol. The number of likely N-dealkylation sites (tertiary alicyclic amines) is 1. The lowest BCUT2D eigenvalue weighted by Gasteiger charge is -2.42. The Bertz CT molecular complexity index is 353. The number of piperidine rings is 1. The first-order chi connectivity index (χ1) is 9.92. The summed E-state index contributed by atoms with van der Waals surface area (Å²) in [6.07, 6.45) is 7.95. The van der Waals surface area contributed by atoms with Crippen molar-refractivity contribution >= 4 is 5.91 Å². The number of likely N-dealkylation sites (N-methyl/N-ethyl adjacent to an activating group) is 1. The molecule has 2 fully saturated rings. The molecule has 0 aromatic rings. The third kappa shape index (κ3) is 4.19. The van der Waals surface area contributed by atoms with Crippen LogP contribution in [0.2, 0.25) is 0 Å². The summed E-state index contributed by atoms with van der Waals surface area (Å²) in [5, 5.41) is 10.8. The SMILES string of the molecule is CC(C)N(C)C[C@@]1(O)CCCN(CC2CCCCC2)C1=O. The number of hydrogen-bond acceptors (Lipinski definition) is 3. The lowest BCUT2D eigenvalue weighted by Crippen LogP contribution is -2.59. The van der Waals surface area contributed by atoms with Gasteiger partial charge in [-0.3, -0.25) is 4.79 Å². The Labute approximate surface area is 129 Å². The summed E-state index contributed by atoms with van der Waals surface area (Å²) in [5.41, 5.74) is -1.17. The first-order valence-corrected chi connectivity index (χ1v) is 8.64. The summed E-state index contributed by atoms with van der Waals surface area (Å²) >= 11 is 0. The molecule has 0 aromatic carbocycles. The van der Waals surface area contributed by atoms with Crippen LogP contribution in [0.25, 0.3) is 0 Å². The fourth-order valence-corrected chi connectivity index (χ4v) is 3.66. The van der Waals surface area contributed by atoms with Gasteiger partial charge in [-0.05, 0) is 52.5 Å². The Morgan fingerprint density at radius 1 is 1.29 bits per heavy atom. The maximum atomic E-state index is 12.7. The van der Waals surface area contributed by atoms with Crippen molar-refractivity contribution in [1.82, 2.24) is 9.80 Å². The number of nitrogens with zero attached hydrogens (tertiary/aromatic N) is 2. The van der Waals surface area contributed by atoms with Crippen LogP contribution in [0.5, 0.6) is 0 Å². The summed E-state index contributed by atoms with van der Waals surface area (Å²) in [4.78, 5) is 16.7. The minimum Gasteiger partial charge on any atom is -0.379 e. The third-order valence-electron chi connectivity index (χ3n) is 5.30. The highest BCUT2D eigenvalue weighted by atomic mass is 16.3. The van der Waals surface area contributed by atoms with E-state index in [4.69, 9.17) is 0 Å². The fraction of sp³-hybridized carbons (Fsp3) is 0.941. The number of carbonyl (C=O) groups is 1. The van der Waals surface area contributed by atoms with Gasteiger partial charge in [0.25, 0.3) is 5.91 Å². The Balaban J connectivity index is 1.96. The Hall–Kier alpha value is -0.610. The second-order valence-electron chi connectivity index (χ2n) is 7.40. The van der Waals surface area contributed by atoms with Crippen molar-refractivity contribution in [2.75, 3.05) is 26.7 Å². The zero-order valence-electron chi connectivity index (χ0n) is 14.0. The molecule has 4 nitrogen and oxygen atoms in total. The summed E-state index contributed by atoms with van der Waals surface area (Å²) < 4.78 is 0. The molecular formula is C17H32N2O2. The van der Waals surface area contributed by atoms with Crippen molar-refractivity contribution in [3.63, 3.8) is 0 Å². The summed E-state index contributed by atoms with van der Waals surface area (Å²) in [7, 11) is 1.98. The highest BCUT2D eigenvalue weighted by molar-refractivity contribution is 5.86. The van der Waals surface area contributed by atoms with Crippen LogP contribution in [0.4, 0.5) is 0 Å². The van der Waals surface area contributed by atoms with Crippen LogP contribution in [-0.2, 0) is 4.79 Å². The molecule has 1 aliphatic heterocycles. The van der Waals surface area contributed by atoms with E-state index in [9.17, 15) is 9.90 Å². The molecule has 0 bridgehead atoms. The molecule has 1 saturated carbocycles. The molecule has 122 valence electrons. The van der Waals surface area contributed by atoms with Gasteiger partial charge in [0, 0.05) is 25.7 Å². The van der Waals surface area contributed by atoms with Crippen molar-refractivity contribution in [1.29, 1.82) is 0 Å². The molecule has 0 unspecified atom stereocenters. The highest BCUT2D eigenvalue weighted by Gasteiger charge is 2.43. The molecule has 0 spiro atoms. The van der Waals surface area contributed by atoms with E-state index < -0.39 is 5.60 Å². The van der Waals surface area contributed by atoms with Crippen molar-refractivity contribution in [2.45, 2.75) is 70.4 Å². The van der Waals surface area contributed by atoms with Crippen LogP contribution in [-0.4, -0.2) is 59.1 Å². The molecule has 1 N–H and O–H groups in total. The Morgan fingerprint density at radius 3 is 2.57 bits per heavy atom. The molecule has 1 atom stereocenters. The highest BCUT2D eigenvalue weighted by Crippen LogP contribution is 2.29. The van der Waals surface area contributed by atoms with E-state index in [-0.39, 0.29) is 5.91 Å². The van der Waals surface area contributed by atoms with Gasteiger partial charge in [0.2, 0.25) is 0 Å². The van der Waals surface area contributed by atoms with E-state index in [1.807, 2.05) is 11.9 Å². The van der Waals surface area contributed by atoms with Gasteiger partial charge in [0.1, 0.15) is 0 Å². The first-order valence-electron chi connectivity index (χ1n) is 8.64. The number of hydrogen-bond donors (Lipinski definition) is 1. The van der Waals surface area contributed by atoms with Gasteiger partial charge in [0.15, 0.2) is 5.60 Å².